The highest BCUT2D eigenvalue weighted by molar-refractivity contribution is 7.93. The Kier molecular flexibility index (Phi) is 5.31. The van der Waals surface area contributed by atoms with Crippen molar-refractivity contribution in [2.45, 2.75) is 18.1 Å². The number of aromatic amines is 1. The number of alkyl halides is 6. The molecule has 0 aliphatic carbocycles. The van der Waals surface area contributed by atoms with Crippen molar-refractivity contribution < 1.29 is 34.8 Å². The molecule has 3 rings (SSSR count). The van der Waals surface area contributed by atoms with Gasteiger partial charge in [0.05, 0.1) is 5.56 Å². The molecule has 12 heteroatoms. The molecule has 0 atom stereocenters. The molecule has 0 aliphatic rings. The Hall–Kier alpha value is -3.02. The maximum absolute atomic E-state index is 13.0. The van der Waals surface area contributed by atoms with Crippen LogP contribution in [0.5, 0.6) is 0 Å². The Morgan fingerprint density at radius 1 is 0.933 bits per heavy atom. The lowest BCUT2D eigenvalue weighted by atomic mass is 9.98. The lowest BCUT2D eigenvalue weighted by Crippen LogP contribution is -2.33. The largest absolute Gasteiger partial charge is 0.516 e. The van der Waals surface area contributed by atoms with Crippen LogP contribution in [0.15, 0.2) is 53.3 Å². The van der Waals surface area contributed by atoms with Crippen molar-refractivity contribution in [3.63, 3.8) is 0 Å². The first kappa shape index (κ1) is 21.7. The molecule has 5 nitrogen and oxygen atoms in total. The third kappa shape index (κ3) is 4.27. The summed E-state index contributed by atoms with van der Waals surface area (Å²) in [5.41, 5.74) is -8.99. The van der Waals surface area contributed by atoms with E-state index in [0.717, 1.165) is 6.07 Å². The number of fused-ring (bicyclic) bond motifs is 1. The van der Waals surface area contributed by atoms with Gasteiger partial charge in [0.25, 0.3) is 5.56 Å². The number of anilines is 1. The molecule has 0 amide bonds. The Bertz CT molecular complexity index is 1250. The lowest BCUT2D eigenvalue weighted by Gasteiger charge is -2.16. The summed E-state index contributed by atoms with van der Waals surface area (Å²) in [6.07, 6.45) is -4.93. The minimum absolute atomic E-state index is 0.0358. The van der Waals surface area contributed by atoms with Crippen LogP contribution in [0.2, 0.25) is 0 Å². The molecule has 1 aromatic heterocycles. The summed E-state index contributed by atoms with van der Waals surface area (Å²) in [5, 5.41) is -0.0358. The highest BCUT2D eigenvalue weighted by Crippen LogP contribution is 2.34. The highest BCUT2D eigenvalue weighted by atomic mass is 32.2. The average molecular weight is 450 g/mol. The Labute approximate surface area is 165 Å². The van der Waals surface area contributed by atoms with Crippen LogP contribution in [0.1, 0.15) is 16.7 Å². The summed E-state index contributed by atoms with van der Waals surface area (Å²) in [4.78, 5) is 14.4. The highest BCUT2D eigenvalue weighted by Gasteiger charge is 2.46. The minimum atomic E-state index is -5.94. The van der Waals surface area contributed by atoms with Gasteiger partial charge in [0.1, 0.15) is 5.69 Å². The molecule has 0 saturated heterocycles. The molecule has 2 aromatic carbocycles. The first-order valence-electron chi connectivity index (χ1n) is 8.19. The standard InChI is InChI=1S/C18H12F6N2O3S/c19-17(20,21)11-6-7-12-13(8-10-4-2-1-3-5-10)15(16(27)25-14(12)9-11)26-30(28,29)18(22,23)24/h1-7,9,26H,8H2,(H,25,27). The molecule has 160 valence electrons. The van der Waals surface area contributed by atoms with E-state index in [0.29, 0.717) is 17.7 Å². The second-order valence-electron chi connectivity index (χ2n) is 6.28. The van der Waals surface area contributed by atoms with Gasteiger partial charge in [-0.3, -0.25) is 9.52 Å². The summed E-state index contributed by atoms with van der Waals surface area (Å²) in [6, 6.07) is 10.3. The molecule has 1 heterocycles. The van der Waals surface area contributed by atoms with Gasteiger partial charge >= 0.3 is 21.7 Å². The molecule has 0 radical (unpaired) electrons. The van der Waals surface area contributed by atoms with Gasteiger partial charge in [-0.15, -0.1) is 0 Å². The zero-order valence-electron chi connectivity index (χ0n) is 14.7. The SMILES string of the molecule is O=c1[nH]c2cc(C(F)(F)F)ccc2c(Cc2ccccc2)c1NS(=O)(=O)C(F)(F)F. The molecule has 3 aromatic rings. The zero-order valence-corrected chi connectivity index (χ0v) is 15.5. The topological polar surface area (TPSA) is 79.0 Å². The van der Waals surface area contributed by atoms with Crippen LogP contribution in [0.3, 0.4) is 0 Å². The molecular formula is C18H12F6N2O3S. The zero-order chi connectivity index (χ0) is 22.3. The van der Waals surface area contributed by atoms with Gasteiger partial charge in [0.15, 0.2) is 0 Å². The number of H-pyrrole nitrogens is 1. The molecule has 30 heavy (non-hydrogen) atoms. The molecule has 0 aliphatic heterocycles. The molecule has 0 unspecified atom stereocenters. The number of hydrogen-bond acceptors (Lipinski definition) is 3. The number of nitrogens with one attached hydrogen (secondary N) is 2. The average Bonchev–Trinajstić information content (AvgIpc) is 2.63. The third-order valence-corrected chi connectivity index (χ3v) is 5.30. The molecule has 2 N–H and O–H groups in total. The number of hydrogen-bond donors (Lipinski definition) is 2. The second-order valence-corrected chi connectivity index (χ2v) is 7.95. The molecule has 0 bridgehead atoms. The van der Waals surface area contributed by atoms with Gasteiger partial charge < -0.3 is 4.98 Å². The van der Waals surface area contributed by atoms with Crippen LogP contribution >= 0.6 is 0 Å². The molecule has 0 spiro atoms. The fourth-order valence-corrected chi connectivity index (χ4v) is 3.43. The molecular weight excluding hydrogens is 438 g/mol. The third-order valence-electron chi connectivity index (χ3n) is 4.21. The summed E-state index contributed by atoms with van der Waals surface area (Å²) in [6.45, 7) is 0. The first-order valence-corrected chi connectivity index (χ1v) is 9.67. The van der Waals surface area contributed by atoms with E-state index in [1.807, 2.05) is 4.98 Å². The lowest BCUT2D eigenvalue weighted by molar-refractivity contribution is -0.137. The number of rotatable bonds is 4. The second kappa shape index (κ2) is 7.35. The van der Waals surface area contributed by atoms with Crippen LogP contribution in [-0.2, 0) is 22.6 Å². The quantitative estimate of drug-likeness (QED) is 0.579. The normalized spacial score (nSPS) is 12.9. The summed E-state index contributed by atoms with van der Waals surface area (Å²) < 4.78 is 102. The molecule has 0 saturated carbocycles. The fraction of sp³-hybridized carbons (Fsp3) is 0.167. The van der Waals surface area contributed by atoms with Crippen molar-refractivity contribution in [3.05, 3.63) is 75.6 Å². The van der Waals surface area contributed by atoms with Crippen LogP contribution in [-0.4, -0.2) is 18.9 Å². The van der Waals surface area contributed by atoms with E-state index in [-0.39, 0.29) is 22.9 Å². The van der Waals surface area contributed by atoms with E-state index >= 15 is 0 Å². The van der Waals surface area contributed by atoms with Gasteiger partial charge in [0, 0.05) is 17.3 Å². The van der Waals surface area contributed by atoms with Crippen LogP contribution in [0.4, 0.5) is 32.0 Å². The summed E-state index contributed by atoms with van der Waals surface area (Å²) in [5.74, 6) is 0. The van der Waals surface area contributed by atoms with E-state index < -0.39 is 38.5 Å². The number of sulfonamides is 1. The monoisotopic (exact) mass is 450 g/mol. The van der Waals surface area contributed by atoms with Crippen molar-refractivity contribution in [3.8, 4) is 0 Å². The van der Waals surface area contributed by atoms with E-state index in [2.05, 4.69) is 0 Å². The van der Waals surface area contributed by atoms with Crippen LogP contribution in [0.25, 0.3) is 10.9 Å². The number of halogens is 6. The summed E-state index contributed by atoms with van der Waals surface area (Å²) >= 11 is 0. The Morgan fingerprint density at radius 3 is 2.13 bits per heavy atom. The van der Waals surface area contributed by atoms with E-state index in [1.54, 1.807) is 30.3 Å². The van der Waals surface area contributed by atoms with E-state index in [4.69, 9.17) is 0 Å². The van der Waals surface area contributed by atoms with Gasteiger partial charge in [-0.25, -0.2) is 0 Å². The fourth-order valence-electron chi connectivity index (χ4n) is 2.83. The first-order chi connectivity index (χ1) is 13.8. The number of aromatic nitrogens is 1. The smallest absolute Gasteiger partial charge is 0.320 e. The predicted molar refractivity (Wildman–Crippen MR) is 97.4 cm³/mol. The van der Waals surface area contributed by atoms with Crippen LogP contribution in [0, 0.1) is 0 Å². The Morgan fingerprint density at radius 2 is 1.57 bits per heavy atom. The number of benzene rings is 2. The van der Waals surface area contributed by atoms with Crippen molar-refractivity contribution in [1.82, 2.24) is 4.98 Å². The Balaban J connectivity index is 2.27. The van der Waals surface area contributed by atoms with Gasteiger partial charge in [-0.2, -0.15) is 34.8 Å². The molecule has 0 fully saturated rings. The van der Waals surface area contributed by atoms with E-state index in [1.165, 1.54) is 4.72 Å². The van der Waals surface area contributed by atoms with Crippen molar-refractivity contribution >= 4 is 26.6 Å². The van der Waals surface area contributed by atoms with Gasteiger partial charge in [-0.05, 0) is 23.3 Å². The van der Waals surface area contributed by atoms with E-state index in [9.17, 15) is 39.6 Å². The maximum atomic E-state index is 13.0. The van der Waals surface area contributed by atoms with Gasteiger partial charge in [0.2, 0.25) is 0 Å². The predicted octanol–water partition coefficient (Wildman–Crippen LogP) is 4.40. The number of pyridine rings is 1. The minimum Gasteiger partial charge on any atom is -0.320 e. The van der Waals surface area contributed by atoms with Gasteiger partial charge in [-0.1, -0.05) is 36.4 Å². The van der Waals surface area contributed by atoms with Crippen molar-refractivity contribution in [1.29, 1.82) is 0 Å². The maximum Gasteiger partial charge on any atom is 0.516 e. The van der Waals surface area contributed by atoms with Crippen molar-refractivity contribution in [2.75, 3.05) is 4.72 Å². The van der Waals surface area contributed by atoms with Crippen LogP contribution < -0.4 is 10.3 Å². The summed E-state index contributed by atoms with van der Waals surface area (Å²) in [7, 11) is -5.94. The van der Waals surface area contributed by atoms with Crippen molar-refractivity contribution in [2.24, 2.45) is 0 Å².